The SMILES string of the molecule is CCC(=O)NCC(=O)N1CCN(Cc2ccc(OC)c(F)c2)CC1. The van der Waals surface area contributed by atoms with Crippen LogP contribution in [0.25, 0.3) is 0 Å². The lowest BCUT2D eigenvalue weighted by atomic mass is 10.2. The fourth-order valence-electron chi connectivity index (χ4n) is 2.63. The lowest BCUT2D eigenvalue weighted by Gasteiger charge is -2.34. The molecule has 0 radical (unpaired) electrons. The van der Waals surface area contributed by atoms with Crippen LogP contribution in [0, 0.1) is 5.82 Å². The van der Waals surface area contributed by atoms with Crippen molar-refractivity contribution < 1.29 is 18.7 Å². The molecule has 0 saturated carbocycles. The summed E-state index contributed by atoms with van der Waals surface area (Å²) in [5.74, 6) is -0.311. The first-order chi connectivity index (χ1) is 11.5. The third kappa shape index (κ3) is 4.92. The molecule has 2 rings (SSSR count). The molecule has 0 bridgehead atoms. The van der Waals surface area contributed by atoms with E-state index in [9.17, 15) is 14.0 Å². The predicted molar refractivity (Wildman–Crippen MR) is 88.1 cm³/mol. The lowest BCUT2D eigenvalue weighted by molar-refractivity contribution is -0.134. The molecular formula is C17H24FN3O3. The van der Waals surface area contributed by atoms with Crippen LogP contribution in [0.4, 0.5) is 4.39 Å². The number of hydrogen-bond donors (Lipinski definition) is 1. The van der Waals surface area contributed by atoms with Crippen LogP contribution < -0.4 is 10.1 Å². The fraction of sp³-hybridized carbons (Fsp3) is 0.529. The van der Waals surface area contributed by atoms with E-state index >= 15 is 0 Å². The molecule has 1 aromatic carbocycles. The van der Waals surface area contributed by atoms with Crippen molar-refractivity contribution in [2.75, 3.05) is 39.8 Å². The predicted octanol–water partition coefficient (Wildman–Crippen LogP) is 1.00. The first-order valence-electron chi connectivity index (χ1n) is 8.12. The highest BCUT2D eigenvalue weighted by molar-refractivity contribution is 5.84. The number of methoxy groups -OCH3 is 1. The van der Waals surface area contributed by atoms with Gasteiger partial charge < -0.3 is 15.0 Å². The maximum Gasteiger partial charge on any atom is 0.242 e. The zero-order valence-corrected chi connectivity index (χ0v) is 14.2. The second kappa shape index (κ2) is 8.63. The van der Waals surface area contributed by atoms with E-state index in [2.05, 4.69) is 10.2 Å². The Hall–Kier alpha value is -2.15. The molecule has 7 heteroatoms. The fourth-order valence-corrected chi connectivity index (χ4v) is 2.63. The van der Waals surface area contributed by atoms with Crippen molar-refractivity contribution in [3.63, 3.8) is 0 Å². The molecule has 1 aliphatic rings. The van der Waals surface area contributed by atoms with Crippen molar-refractivity contribution in [2.45, 2.75) is 19.9 Å². The van der Waals surface area contributed by atoms with Crippen molar-refractivity contribution in [3.05, 3.63) is 29.6 Å². The van der Waals surface area contributed by atoms with Crippen molar-refractivity contribution >= 4 is 11.8 Å². The van der Waals surface area contributed by atoms with Crippen LogP contribution in [0.5, 0.6) is 5.75 Å². The first-order valence-corrected chi connectivity index (χ1v) is 8.12. The Kier molecular flexibility index (Phi) is 6.54. The maximum absolute atomic E-state index is 13.7. The van der Waals surface area contributed by atoms with Gasteiger partial charge in [0.1, 0.15) is 0 Å². The second-order valence-electron chi connectivity index (χ2n) is 5.76. The number of carbonyl (C=O) groups is 2. The molecule has 0 unspecified atom stereocenters. The van der Waals surface area contributed by atoms with Gasteiger partial charge in [-0.1, -0.05) is 13.0 Å². The number of carbonyl (C=O) groups excluding carboxylic acids is 2. The Balaban J connectivity index is 1.79. The second-order valence-corrected chi connectivity index (χ2v) is 5.76. The van der Waals surface area contributed by atoms with Crippen LogP contribution in [0.15, 0.2) is 18.2 Å². The van der Waals surface area contributed by atoms with Crippen LogP contribution in [0.2, 0.25) is 0 Å². The zero-order chi connectivity index (χ0) is 17.5. The normalized spacial score (nSPS) is 15.2. The van der Waals surface area contributed by atoms with Gasteiger partial charge in [-0.25, -0.2) is 4.39 Å². The number of rotatable bonds is 6. The Labute approximate surface area is 141 Å². The van der Waals surface area contributed by atoms with Gasteiger partial charge in [0.05, 0.1) is 13.7 Å². The number of nitrogens with one attached hydrogen (secondary N) is 1. The summed E-state index contributed by atoms with van der Waals surface area (Å²) in [7, 11) is 1.44. The summed E-state index contributed by atoms with van der Waals surface area (Å²) in [5, 5.41) is 2.60. The molecule has 1 saturated heterocycles. The molecule has 132 valence electrons. The molecule has 0 aliphatic carbocycles. The van der Waals surface area contributed by atoms with Gasteiger partial charge >= 0.3 is 0 Å². The Morgan fingerprint density at radius 3 is 2.54 bits per heavy atom. The summed E-state index contributed by atoms with van der Waals surface area (Å²) in [5.41, 5.74) is 0.878. The Morgan fingerprint density at radius 1 is 1.25 bits per heavy atom. The van der Waals surface area contributed by atoms with Crippen LogP contribution in [-0.4, -0.2) is 61.4 Å². The van der Waals surface area contributed by atoms with E-state index in [-0.39, 0.29) is 29.9 Å². The number of ether oxygens (including phenoxy) is 1. The van der Waals surface area contributed by atoms with Gasteiger partial charge in [0.25, 0.3) is 0 Å². The van der Waals surface area contributed by atoms with E-state index in [0.717, 1.165) is 18.7 Å². The first kappa shape index (κ1) is 18.2. The summed E-state index contributed by atoms with van der Waals surface area (Å²) < 4.78 is 18.6. The van der Waals surface area contributed by atoms with E-state index in [0.29, 0.717) is 26.1 Å². The average molecular weight is 337 g/mol. The number of benzene rings is 1. The van der Waals surface area contributed by atoms with E-state index in [4.69, 9.17) is 4.74 Å². The molecule has 1 aromatic rings. The number of piperazine rings is 1. The minimum absolute atomic E-state index is 0.0519. The highest BCUT2D eigenvalue weighted by Gasteiger charge is 2.21. The molecule has 24 heavy (non-hydrogen) atoms. The largest absolute Gasteiger partial charge is 0.494 e. The number of nitrogens with zero attached hydrogens (tertiary/aromatic N) is 2. The van der Waals surface area contributed by atoms with E-state index in [1.54, 1.807) is 17.9 Å². The molecule has 1 fully saturated rings. The van der Waals surface area contributed by atoms with Gasteiger partial charge in [0.15, 0.2) is 11.6 Å². The van der Waals surface area contributed by atoms with Crippen molar-refractivity contribution in [1.82, 2.24) is 15.1 Å². The van der Waals surface area contributed by atoms with Crippen molar-refractivity contribution in [1.29, 1.82) is 0 Å². The van der Waals surface area contributed by atoms with Gasteiger partial charge in [0, 0.05) is 39.1 Å². The van der Waals surface area contributed by atoms with Gasteiger partial charge in [-0.3, -0.25) is 14.5 Å². The Morgan fingerprint density at radius 2 is 1.96 bits per heavy atom. The highest BCUT2D eigenvalue weighted by Crippen LogP contribution is 2.19. The van der Waals surface area contributed by atoms with Crippen molar-refractivity contribution in [3.8, 4) is 5.75 Å². The van der Waals surface area contributed by atoms with Gasteiger partial charge in [-0.2, -0.15) is 0 Å². The summed E-state index contributed by atoms with van der Waals surface area (Å²) in [6, 6.07) is 4.96. The van der Waals surface area contributed by atoms with E-state index in [1.807, 2.05) is 6.07 Å². The number of amides is 2. The maximum atomic E-state index is 13.7. The van der Waals surface area contributed by atoms with Crippen LogP contribution in [0.1, 0.15) is 18.9 Å². The van der Waals surface area contributed by atoms with E-state index < -0.39 is 0 Å². The van der Waals surface area contributed by atoms with Gasteiger partial charge in [0.2, 0.25) is 11.8 Å². The summed E-state index contributed by atoms with van der Waals surface area (Å²) >= 11 is 0. The third-order valence-electron chi connectivity index (χ3n) is 4.11. The number of hydrogen-bond acceptors (Lipinski definition) is 4. The monoisotopic (exact) mass is 337 g/mol. The minimum Gasteiger partial charge on any atom is -0.494 e. The lowest BCUT2D eigenvalue weighted by Crippen LogP contribution is -2.50. The van der Waals surface area contributed by atoms with Gasteiger partial charge in [-0.15, -0.1) is 0 Å². The molecule has 1 N–H and O–H groups in total. The molecule has 2 amide bonds. The highest BCUT2D eigenvalue weighted by atomic mass is 19.1. The molecule has 1 heterocycles. The zero-order valence-electron chi connectivity index (χ0n) is 14.2. The third-order valence-corrected chi connectivity index (χ3v) is 4.11. The number of halogens is 1. The summed E-state index contributed by atoms with van der Waals surface area (Å²) in [4.78, 5) is 27.2. The van der Waals surface area contributed by atoms with Crippen LogP contribution in [-0.2, 0) is 16.1 Å². The van der Waals surface area contributed by atoms with Gasteiger partial charge in [-0.05, 0) is 17.7 Å². The Bertz CT molecular complexity index is 586. The minimum atomic E-state index is -0.365. The molecule has 0 atom stereocenters. The smallest absolute Gasteiger partial charge is 0.242 e. The topological polar surface area (TPSA) is 61.9 Å². The van der Waals surface area contributed by atoms with Crippen LogP contribution in [0.3, 0.4) is 0 Å². The van der Waals surface area contributed by atoms with E-state index in [1.165, 1.54) is 13.2 Å². The molecular weight excluding hydrogens is 313 g/mol. The summed E-state index contributed by atoms with van der Waals surface area (Å²) in [6.07, 6.45) is 0.374. The van der Waals surface area contributed by atoms with Crippen molar-refractivity contribution in [2.24, 2.45) is 0 Å². The quantitative estimate of drug-likeness (QED) is 0.841. The molecule has 0 aromatic heterocycles. The summed E-state index contributed by atoms with van der Waals surface area (Å²) in [6.45, 7) is 5.10. The molecule has 1 aliphatic heterocycles. The van der Waals surface area contributed by atoms with Crippen LogP contribution >= 0.6 is 0 Å². The molecule has 6 nitrogen and oxygen atoms in total. The molecule has 0 spiro atoms. The standard InChI is InChI=1S/C17H24FN3O3/c1-3-16(22)19-11-17(23)21-8-6-20(7-9-21)12-13-4-5-15(24-2)14(18)10-13/h4-5,10H,3,6-9,11-12H2,1-2H3,(H,19,22). The average Bonchev–Trinajstić information content (AvgIpc) is 2.60.